The van der Waals surface area contributed by atoms with Crippen molar-refractivity contribution >= 4 is 0 Å². The van der Waals surface area contributed by atoms with Crippen molar-refractivity contribution in [2.24, 2.45) is 11.7 Å². The lowest BCUT2D eigenvalue weighted by atomic mass is 9.82. The highest BCUT2D eigenvalue weighted by Gasteiger charge is 2.46. The van der Waals surface area contributed by atoms with E-state index >= 15 is 0 Å². The summed E-state index contributed by atoms with van der Waals surface area (Å²) in [6.07, 6.45) is 9.18. The van der Waals surface area contributed by atoms with Gasteiger partial charge in [0, 0.05) is 18.1 Å². The third-order valence-electron chi connectivity index (χ3n) is 5.22. The van der Waals surface area contributed by atoms with E-state index < -0.39 is 0 Å². The van der Waals surface area contributed by atoms with Gasteiger partial charge in [0.05, 0.1) is 0 Å². The van der Waals surface area contributed by atoms with E-state index in [4.69, 9.17) is 5.73 Å². The fraction of sp³-hybridized carbons (Fsp3) is 1.00. The molecule has 1 saturated carbocycles. The van der Waals surface area contributed by atoms with Crippen LogP contribution < -0.4 is 5.73 Å². The lowest BCUT2D eigenvalue weighted by Crippen LogP contribution is -2.59. The fourth-order valence-electron chi connectivity index (χ4n) is 3.91. The van der Waals surface area contributed by atoms with Crippen LogP contribution in [0.4, 0.5) is 0 Å². The van der Waals surface area contributed by atoms with Crippen molar-refractivity contribution in [1.82, 2.24) is 4.90 Å². The van der Waals surface area contributed by atoms with Gasteiger partial charge >= 0.3 is 0 Å². The first-order valence-corrected chi connectivity index (χ1v) is 8.13. The zero-order valence-electron chi connectivity index (χ0n) is 13.0. The molecule has 1 aliphatic rings. The van der Waals surface area contributed by atoms with Crippen LogP contribution in [0.15, 0.2) is 0 Å². The van der Waals surface area contributed by atoms with Crippen molar-refractivity contribution in [3.8, 4) is 0 Å². The molecule has 1 aliphatic carbocycles. The Hall–Kier alpha value is -0.0800. The molecule has 0 amide bonds. The van der Waals surface area contributed by atoms with Gasteiger partial charge in [0.2, 0.25) is 0 Å². The van der Waals surface area contributed by atoms with Crippen molar-refractivity contribution in [3.05, 3.63) is 0 Å². The summed E-state index contributed by atoms with van der Waals surface area (Å²) in [6, 6.07) is 0.673. The molecule has 0 aliphatic heterocycles. The Morgan fingerprint density at radius 1 is 1.33 bits per heavy atom. The van der Waals surface area contributed by atoms with Crippen LogP contribution >= 0.6 is 0 Å². The molecule has 2 N–H and O–H groups in total. The number of rotatable bonds is 8. The van der Waals surface area contributed by atoms with E-state index in [1.807, 2.05) is 0 Å². The molecule has 0 saturated heterocycles. The molecular weight excluding hydrogens is 220 g/mol. The van der Waals surface area contributed by atoms with Crippen LogP contribution in [0.3, 0.4) is 0 Å². The molecule has 3 atom stereocenters. The van der Waals surface area contributed by atoms with Crippen molar-refractivity contribution in [3.63, 3.8) is 0 Å². The molecule has 0 heterocycles. The first-order chi connectivity index (χ1) is 8.66. The summed E-state index contributed by atoms with van der Waals surface area (Å²) in [7, 11) is 0. The first-order valence-electron chi connectivity index (χ1n) is 8.13. The van der Waals surface area contributed by atoms with E-state index in [1.165, 1.54) is 51.5 Å². The van der Waals surface area contributed by atoms with Gasteiger partial charge in [-0.1, -0.05) is 40.0 Å². The van der Waals surface area contributed by atoms with Crippen molar-refractivity contribution in [1.29, 1.82) is 0 Å². The molecule has 0 radical (unpaired) electrons. The second-order valence-electron chi connectivity index (χ2n) is 6.11. The van der Waals surface area contributed by atoms with Crippen LogP contribution in [0.2, 0.25) is 0 Å². The van der Waals surface area contributed by atoms with Crippen molar-refractivity contribution in [2.75, 3.05) is 13.1 Å². The number of hydrogen-bond acceptors (Lipinski definition) is 2. The Morgan fingerprint density at radius 2 is 2.06 bits per heavy atom. The SMILES string of the molecule is CCCCN(C(C)CC)C1(CN)CCCC1CC. The third kappa shape index (κ3) is 3.08. The largest absolute Gasteiger partial charge is 0.329 e. The average Bonchev–Trinajstić information content (AvgIpc) is 2.82. The van der Waals surface area contributed by atoms with Gasteiger partial charge in [-0.3, -0.25) is 4.90 Å². The van der Waals surface area contributed by atoms with Crippen molar-refractivity contribution < 1.29 is 0 Å². The molecule has 1 rings (SSSR count). The fourth-order valence-corrected chi connectivity index (χ4v) is 3.91. The molecule has 0 aromatic carbocycles. The summed E-state index contributed by atoms with van der Waals surface area (Å²) < 4.78 is 0. The molecular formula is C16H34N2. The van der Waals surface area contributed by atoms with E-state index in [2.05, 4.69) is 32.6 Å². The molecule has 1 fully saturated rings. The van der Waals surface area contributed by atoms with Gasteiger partial charge in [0.25, 0.3) is 0 Å². The number of hydrogen-bond donors (Lipinski definition) is 1. The molecule has 108 valence electrons. The number of unbranched alkanes of at least 4 members (excludes halogenated alkanes) is 1. The minimum Gasteiger partial charge on any atom is -0.329 e. The van der Waals surface area contributed by atoms with Crippen molar-refractivity contribution in [2.45, 2.75) is 84.2 Å². The van der Waals surface area contributed by atoms with Crippen LogP contribution in [0.25, 0.3) is 0 Å². The standard InChI is InChI=1S/C16H34N2/c1-5-8-12-18(14(4)6-2)16(13-17)11-9-10-15(16)7-3/h14-15H,5-13,17H2,1-4H3. The van der Waals surface area contributed by atoms with E-state index in [-0.39, 0.29) is 0 Å². The van der Waals surface area contributed by atoms with Gasteiger partial charge < -0.3 is 5.73 Å². The molecule has 18 heavy (non-hydrogen) atoms. The highest BCUT2D eigenvalue weighted by molar-refractivity contribution is 5.02. The maximum Gasteiger partial charge on any atom is 0.0362 e. The van der Waals surface area contributed by atoms with Gasteiger partial charge in [0.15, 0.2) is 0 Å². The van der Waals surface area contributed by atoms with Gasteiger partial charge in [0.1, 0.15) is 0 Å². The zero-order valence-corrected chi connectivity index (χ0v) is 13.0. The summed E-state index contributed by atoms with van der Waals surface area (Å²) >= 11 is 0. The predicted octanol–water partition coefficient (Wildman–Crippen LogP) is 3.79. The Labute approximate surface area is 114 Å². The van der Waals surface area contributed by atoms with Crippen LogP contribution in [0.5, 0.6) is 0 Å². The summed E-state index contributed by atoms with van der Waals surface area (Å²) in [5, 5.41) is 0. The molecule has 2 heteroatoms. The van der Waals surface area contributed by atoms with E-state index in [0.717, 1.165) is 12.5 Å². The Balaban J connectivity index is 2.90. The minimum absolute atomic E-state index is 0.305. The molecule has 2 nitrogen and oxygen atoms in total. The third-order valence-corrected chi connectivity index (χ3v) is 5.22. The Kier molecular flexibility index (Phi) is 6.65. The number of nitrogens with zero attached hydrogens (tertiary/aromatic N) is 1. The quantitative estimate of drug-likeness (QED) is 0.714. The lowest BCUT2D eigenvalue weighted by Gasteiger charge is -2.48. The van der Waals surface area contributed by atoms with E-state index in [1.54, 1.807) is 0 Å². The first kappa shape index (κ1) is 16.0. The van der Waals surface area contributed by atoms with Crippen LogP contribution in [-0.2, 0) is 0 Å². The van der Waals surface area contributed by atoms with Crippen LogP contribution in [0, 0.1) is 5.92 Å². The van der Waals surface area contributed by atoms with Crippen LogP contribution in [-0.4, -0.2) is 29.6 Å². The summed E-state index contributed by atoms with van der Waals surface area (Å²) in [6.45, 7) is 11.4. The highest BCUT2D eigenvalue weighted by Crippen LogP contribution is 2.43. The van der Waals surface area contributed by atoms with E-state index in [9.17, 15) is 0 Å². The Bertz CT molecular complexity index is 229. The average molecular weight is 254 g/mol. The molecule has 0 spiro atoms. The van der Waals surface area contributed by atoms with Gasteiger partial charge in [-0.05, 0) is 45.1 Å². The summed E-state index contributed by atoms with van der Waals surface area (Å²) in [4.78, 5) is 2.78. The molecule has 3 unspecified atom stereocenters. The predicted molar refractivity (Wildman–Crippen MR) is 80.8 cm³/mol. The monoisotopic (exact) mass is 254 g/mol. The molecule has 0 bridgehead atoms. The highest BCUT2D eigenvalue weighted by atomic mass is 15.2. The topological polar surface area (TPSA) is 29.3 Å². The zero-order chi connectivity index (χ0) is 13.6. The maximum atomic E-state index is 6.26. The van der Waals surface area contributed by atoms with Gasteiger partial charge in [-0.15, -0.1) is 0 Å². The van der Waals surface area contributed by atoms with Gasteiger partial charge in [-0.2, -0.15) is 0 Å². The molecule has 0 aromatic heterocycles. The lowest BCUT2D eigenvalue weighted by molar-refractivity contribution is 0.0195. The second kappa shape index (κ2) is 7.49. The summed E-state index contributed by atoms with van der Waals surface area (Å²) in [5.41, 5.74) is 6.56. The minimum atomic E-state index is 0.305. The van der Waals surface area contributed by atoms with Crippen LogP contribution in [0.1, 0.15) is 72.6 Å². The normalized spacial score (nSPS) is 30.0. The molecule has 0 aromatic rings. The smallest absolute Gasteiger partial charge is 0.0362 e. The van der Waals surface area contributed by atoms with Gasteiger partial charge in [-0.25, -0.2) is 0 Å². The second-order valence-corrected chi connectivity index (χ2v) is 6.11. The Morgan fingerprint density at radius 3 is 2.56 bits per heavy atom. The summed E-state index contributed by atoms with van der Waals surface area (Å²) in [5.74, 6) is 0.813. The maximum absolute atomic E-state index is 6.26. The number of nitrogens with two attached hydrogens (primary N) is 1. The van der Waals surface area contributed by atoms with E-state index in [0.29, 0.717) is 11.6 Å².